The smallest absolute Gasteiger partial charge is 0.330 e. The molecule has 0 spiro atoms. The number of azo groups is 1. The number of ether oxygens (including phenoxy) is 2. The van der Waals surface area contributed by atoms with Gasteiger partial charge in [-0.2, -0.15) is 10.2 Å². The van der Waals surface area contributed by atoms with Crippen LogP contribution in [0.2, 0.25) is 0 Å². The second-order valence-corrected chi connectivity index (χ2v) is 5.23. The number of methoxy groups -OCH3 is 1. The summed E-state index contributed by atoms with van der Waals surface area (Å²) in [7, 11) is 1.59. The van der Waals surface area contributed by atoms with Crippen LogP contribution in [-0.4, -0.2) is 30.9 Å². The van der Waals surface area contributed by atoms with E-state index in [9.17, 15) is 4.79 Å². The third-order valence-corrected chi connectivity index (χ3v) is 2.20. The fourth-order valence-corrected chi connectivity index (χ4v) is 1.08. The van der Waals surface area contributed by atoms with Gasteiger partial charge in [0.1, 0.15) is 0 Å². The molecule has 0 aromatic carbocycles. The number of esters is 1. The predicted octanol–water partition coefficient (Wildman–Crippen LogP) is 3.11. The van der Waals surface area contributed by atoms with E-state index in [1.807, 2.05) is 27.7 Å². The van der Waals surface area contributed by atoms with Gasteiger partial charge in [0.25, 0.3) is 0 Å². The van der Waals surface area contributed by atoms with Crippen LogP contribution in [0.1, 0.15) is 40.5 Å². The minimum absolute atomic E-state index is 0.227. The fourth-order valence-electron chi connectivity index (χ4n) is 1.08. The first-order valence-corrected chi connectivity index (χ1v) is 6.01. The third kappa shape index (κ3) is 7.95. The molecule has 0 bridgehead atoms. The molecule has 0 amide bonds. The summed E-state index contributed by atoms with van der Waals surface area (Å²) in [6.45, 7) is 11.4. The molecule has 104 valence electrons. The zero-order valence-electron chi connectivity index (χ0n) is 12.0. The zero-order valence-corrected chi connectivity index (χ0v) is 12.0. The normalized spacial score (nSPS) is 15.4. The van der Waals surface area contributed by atoms with E-state index in [-0.39, 0.29) is 5.54 Å². The van der Waals surface area contributed by atoms with Crippen LogP contribution in [-0.2, 0) is 14.3 Å². The molecule has 0 aromatic heterocycles. The Hall–Kier alpha value is -1.23. The summed E-state index contributed by atoms with van der Waals surface area (Å²) in [5.41, 5.74) is -0.900. The van der Waals surface area contributed by atoms with Gasteiger partial charge in [-0.05, 0) is 34.1 Å². The Bertz CT molecular complexity index is 308. The molecule has 0 aliphatic heterocycles. The molecule has 0 fully saturated rings. The van der Waals surface area contributed by atoms with Gasteiger partial charge >= 0.3 is 5.97 Å². The Morgan fingerprint density at radius 2 is 1.89 bits per heavy atom. The Morgan fingerprint density at radius 3 is 2.33 bits per heavy atom. The molecule has 0 aliphatic carbocycles. The number of nitrogens with zero attached hydrogens (tertiary/aromatic N) is 2. The average Bonchev–Trinajstić information content (AvgIpc) is 2.31. The maximum Gasteiger partial charge on any atom is 0.330 e. The van der Waals surface area contributed by atoms with Crippen molar-refractivity contribution in [2.75, 3.05) is 13.7 Å². The molecule has 0 radical (unpaired) electrons. The zero-order chi connectivity index (χ0) is 14.2. The molecule has 1 unspecified atom stereocenters. The Kier molecular flexibility index (Phi) is 6.76. The number of hydrogen-bond donors (Lipinski definition) is 0. The summed E-state index contributed by atoms with van der Waals surface area (Å²) in [6, 6.07) is 0. The van der Waals surface area contributed by atoms with E-state index >= 15 is 0 Å². The molecular formula is C13H24N2O3. The van der Waals surface area contributed by atoms with Crippen molar-refractivity contribution in [2.45, 2.75) is 51.8 Å². The highest BCUT2D eigenvalue weighted by atomic mass is 16.5. The molecular weight excluding hydrogens is 232 g/mol. The highest BCUT2D eigenvalue weighted by Gasteiger charge is 2.23. The maximum absolute atomic E-state index is 10.8. The van der Waals surface area contributed by atoms with E-state index in [4.69, 9.17) is 9.47 Å². The first-order chi connectivity index (χ1) is 8.22. The summed E-state index contributed by atoms with van der Waals surface area (Å²) < 4.78 is 10.2. The van der Waals surface area contributed by atoms with Crippen LogP contribution in [0.4, 0.5) is 0 Å². The van der Waals surface area contributed by atoms with Crippen LogP contribution in [0.15, 0.2) is 22.9 Å². The van der Waals surface area contributed by atoms with E-state index in [0.717, 1.165) is 6.08 Å². The van der Waals surface area contributed by atoms with Gasteiger partial charge in [0.15, 0.2) is 5.72 Å². The van der Waals surface area contributed by atoms with Crippen molar-refractivity contribution in [2.24, 2.45) is 10.2 Å². The number of carbonyl (C=O) groups excluding carboxylic acids is 1. The van der Waals surface area contributed by atoms with Gasteiger partial charge in [-0.15, -0.1) is 0 Å². The van der Waals surface area contributed by atoms with Crippen LogP contribution in [0.5, 0.6) is 0 Å². The van der Waals surface area contributed by atoms with Crippen molar-refractivity contribution < 1.29 is 14.3 Å². The summed E-state index contributed by atoms with van der Waals surface area (Å²) in [5.74, 6) is -0.412. The minimum Gasteiger partial charge on any atom is -0.463 e. The van der Waals surface area contributed by atoms with Gasteiger partial charge in [0.05, 0.1) is 12.1 Å². The van der Waals surface area contributed by atoms with Gasteiger partial charge in [0.2, 0.25) is 0 Å². The molecule has 0 aliphatic rings. The molecule has 1 atom stereocenters. The van der Waals surface area contributed by atoms with Crippen LogP contribution in [0, 0.1) is 0 Å². The number of hydrogen-bond acceptors (Lipinski definition) is 5. The lowest BCUT2D eigenvalue weighted by Crippen LogP contribution is -2.26. The molecule has 0 aromatic rings. The van der Waals surface area contributed by atoms with Crippen molar-refractivity contribution in [3.05, 3.63) is 12.7 Å². The molecule has 0 N–H and O–H groups in total. The van der Waals surface area contributed by atoms with Crippen molar-refractivity contribution >= 4 is 5.97 Å². The van der Waals surface area contributed by atoms with Crippen molar-refractivity contribution in [3.63, 3.8) is 0 Å². The monoisotopic (exact) mass is 256 g/mol. The van der Waals surface area contributed by atoms with Gasteiger partial charge in [-0.25, -0.2) is 4.79 Å². The minimum atomic E-state index is -0.673. The van der Waals surface area contributed by atoms with Crippen molar-refractivity contribution in [1.82, 2.24) is 0 Å². The lowest BCUT2D eigenvalue weighted by atomic mass is 10.1. The largest absolute Gasteiger partial charge is 0.463 e. The first kappa shape index (κ1) is 16.8. The Labute approximate surface area is 109 Å². The van der Waals surface area contributed by atoms with Gasteiger partial charge in [-0.1, -0.05) is 6.58 Å². The topological polar surface area (TPSA) is 60.2 Å². The SMILES string of the molecule is C=CC(=O)OCCCC(C)(N=NC(C)(C)C)OC. The highest BCUT2D eigenvalue weighted by molar-refractivity contribution is 5.81. The summed E-state index contributed by atoms with van der Waals surface area (Å²) in [4.78, 5) is 10.8. The number of carbonyl (C=O) groups is 1. The van der Waals surface area contributed by atoms with E-state index in [0.29, 0.717) is 19.4 Å². The van der Waals surface area contributed by atoms with Gasteiger partial charge in [0, 0.05) is 19.6 Å². The van der Waals surface area contributed by atoms with Crippen LogP contribution in [0.25, 0.3) is 0 Å². The standard InChI is InChI=1S/C13H24N2O3/c1-7-11(16)18-10-8-9-13(5,17-6)15-14-12(2,3)4/h7H,1,8-10H2,2-6H3. The predicted molar refractivity (Wildman–Crippen MR) is 70.4 cm³/mol. The van der Waals surface area contributed by atoms with Gasteiger partial charge in [-0.3, -0.25) is 0 Å². The quantitative estimate of drug-likeness (QED) is 0.304. The summed E-state index contributed by atoms with van der Waals surface area (Å²) >= 11 is 0. The molecule has 0 rings (SSSR count). The molecule has 0 heterocycles. The molecule has 18 heavy (non-hydrogen) atoms. The van der Waals surface area contributed by atoms with Crippen LogP contribution in [0.3, 0.4) is 0 Å². The summed E-state index contributed by atoms with van der Waals surface area (Å²) in [6.07, 6.45) is 2.44. The van der Waals surface area contributed by atoms with E-state index < -0.39 is 11.7 Å². The molecule has 0 saturated heterocycles. The van der Waals surface area contributed by atoms with Crippen LogP contribution < -0.4 is 0 Å². The van der Waals surface area contributed by atoms with E-state index in [1.54, 1.807) is 7.11 Å². The van der Waals surface area contributed by atoms with Gasteiger partial charge < -0.3 is 9.47 Å². The fraction of sp³-hybridized carbons (Fsp3) is 0.769. The molecule has 5 heteroatoms. The third-order valence-electron chi connectivity index (χ3n) is 2.20. The molecule has 5 nitrogen and oxygen atoms in total. The second kappa shape index (κ2) is 7.26. The van der Waals surface area contributed by atoms with E-state index in [1.165, 1.54) is 0 Å². The first-order valence-electron chi connectivity index (χ1n) is 6.01. The van der Waals surface area contributed by atoms with Crippen molar-refractivity contribution in [3.8, 4) is 0 Å². The Balaban J connectivity index is 4.20. The highest BCUT2D eigenvalue weighted by Crippen LogP contribution is 2.21. The Morgan fingerprint density at radius 1 is 1.28 bits per heavy atom. The number of rotatable bonds is 7. The maximum atomic E-state index is 10.8. The lowest BCUT2D eigenvalue weighted by Gasteiger charge is -2.23. The average molecular weight is 256 g/mol. The van der Waals surface area contributed by atoms with Crippen molar-refractivity contribution in [1.29, 1.82) is 0 Å². The molecule has 0 saturated carbocycles. The van der Waals surface area contributed by atoms with E-state index in [2.05, 4.69) is 16.8 Å². The second-order valence-electron chi connectivity index (χ2n) is 5.23. The van der Waals surface area contributed by atoms with Crippen LogP contribution >= 0.6 is 0 Å². The lowest BCUT2D eigenvalue weighted by molar-refractivity contribution is -0.138. The summed E-state index contributed by atoms with van der Waals surface area (Å²) in [5, 5.41) is 8.43.